The van der Waals surface area contributed by atoms with Gasteiger partial charge in [0.25, 0.3) is 11.5 Å². The molecule has 0 saturated heterocycles. The topological polar surface area (TPSA) is 98.6 Å². The zero-order valence-corrected chi connectivity index (χ0v) is 15.7. The zero-order valence-electron chi connectivity index (χ0n) is 15.7. The van der Waals surface area contributed by atoms with Crippen LogP contribution in [0.15, 0.2) is 35.1 Å². The van der Waals surface area contributed by atoms with Crippen LogP contribution in [0.25, 0.3) is 10.9 Å². The summed E-state index contributed by atoms with van der Waals surface area (Å²) in [5, 5.41) is 10.4. The normalized spacial score (nSPS) is 12.4. The number of benzene rings is 1. The number of aryl methyl sites for hydroxylation is 1. The van der Waals surface area contributed by atoms with E-state index < -0.39 is 51.6 Å². The first kappa shape index (κ1) is 21.0. The number of aromatic amines is 1. The molecule has 1 aromatic carbocycles. The summed E-state index contributed by atoms with van der Waals surface area (Å²) in [5.74, 6) is -8.88. The van der Waals surface area contributed by atoms with Gasteiger partial charge in [0.15, 0.2) is 11.6 Å². The van der Waals surface area contributed by atoms with Gasteiger partial charge < -0.3 is 10.3 Å². The quantitative estimate of drug-likeness (QED) is 0.635. The number of pyridine rings is 2. The van der Waals surface area contributed by atoms with Gasteiger partial charge in [-0.2, -0.15) is 14.0 Å². The van der Waals surface area contributed by atoms with Crippen molar-refractivity contribution in [1.82, 2.24) is 15.3 Å². The smallest absolute Gasteiger partial charge is 0.342 e. The van der Waals surface area contributed by atoms with Gasteiger partial charge in [-0.05, 0) is 43.7 Å². The highest BCUT2D eigenvalue weighted by Gasteiger charge is 2.45. The molecule has 0 aliphatic heterocycles. The van der Waals surface area contributed by atoms with Crippen LogP contribution >= 0.6 is 0 Å². The lowest BCUT2D eigenvalue weighted by atomic mass is 9.98. The first-order valence-corrected chi connectivity index (χ1v) is 8.64. The molecule has 0 fully saturated rings. The Hall–Kier alpha value is -3.74. The molecule has 0 aliphatic carbocycles. The summed E-state index contributed by atoms with van der Waals surface area (Å²) in [5.41, 5.74) is -3.15. The molecular formula is C20H14F4N4O2. The third kappa shape index (κ3) is 3.50. The van der Waals surface area contributed by atoms with Gasteiger partial charge in [0, 0.05) is 5.39 Å². The number of halogens is 4. The fourth-order valence-corrected chi connectivity index (χ4v) is 3.11. The van der Waals surface area contributed by atoms with Crippen LogP contribution in [0.4, 0.5) is 17.6 Å². The van der Waals surface area contributed by atoms with Crippen molar-refractivity contribution in [3.8, 4) is 6.07 Å². The minimum Gasteiger partial charge on any atom is -0.342 e. The van der Waals surface area contributed by atoms with E-state index in [0.717, 1.165) is 19.1 Å². The lowest BCUT2D eigenvalue weighted by Gasteiger charge is -2.21. The summed E-state index contributed by atoms with van der Waals surface area (Å²) in [4.78, 5) is 30.6. The molecule has 1 atom stereocenters. The number of nitriles is 1. The van der Waals surface area contributed by atoms with Crippen LogP contribution < -0.4 is 10.9 Å². The van der Waals surface area contributed by atoms with E-state index >= 15 is 0 Å². The predicted molar refractivity (Wildman–Crippen MR) is 98.6 cm³/mol. The molecule has 2 heterocycles. The van der Waals surface area contributed by atoms with Crippen molar-refractivity contribution < 1.29 is 22.4 Å². The van der Waals surface area contributed by atoms with Crippen molar-refractivity contribution in [2.75, 3.05) is 0 Å². The standard InChI is InChI=1S/C20H14F4N4O2/c1-9-15-14(7-6-12(21)17(15)22)28-18(29)16(9)20(23,24)19(30)26-10(2)13-5-3-4-11(8-25)27-13/h3-7,10H,1-2H3,(H,26,30)(H,28,29)/t10-/m0/s1. The number of alkyl halides is 2. The maximum absolute atomic E-state index is 14.9. The van der Waals surface area contributed by atoms with Gasteiger partial charge in [-0.3, -0.25) is 9.59 Å². The molecule has 3 rings (SSSR count). The Bertz CT molecular complexity index is 1260. The molecule has 0 spiro atoms. The molecule has 0 bridgehead atoms. The van der Waals surface area contributed by atoms with E-state index in [9.17, 15) is 27.2 Å². The minimum absolute atomic E-state index is 0.0275. The molecule has 10 heteroatoms. The summed E-state index contributed by atoms with van der Waals surface area (Å²) in [6.45, 7) is 2.38. The fourth-order valence-electron chi connectivity index (χ4n) is 3.11. The highest BCUT2D eigenvalue weighted by Crippen LogP contribution is 2.33. The largest absolute Gasteiger partial charge is 0.355 e. The van der Waals surface area contributed by atoms with Crippen LogP contribution in [0.3, 0.4) is 0 Å². The second-order valence-corrected chi connectivity index (χ2v) is 6.57. The number of amides is 1. The van der Waals surface area contributed by atoms with Crippen LogP contribution in [0.2, 0.25) is 0 Å². The highest BCUT2D eigenvalue weighted by atomic mass is 19.3. The number of hydrogen-bond acceptors (Lipinski definition) is 4. The molecular weight excluding hydrogens is 404 g/mol. The van der Waals surface area contributed by atoms with Crippen LogP contribution in [0.1, 0.15) is 35.5 Å². The van der Waals surface area contributed by atoms with Crippen molar-refractivity contribution in [3.63, 3.8) is 0 Å². The Balaban J connectivity index is 2.03. The first-order valence-electron chi connectivity index (χ1n) is 8.64. The SMILES string of the molecule is Cc1c(C(F)(F)C(=O)N[C@@H](C)c2cccc(C#N)n2)c(=O)[nH]c2ccc(F)c(F)c12. The van der Waals surface area contributed by atoms with Crippen LogP contribution in [0.5, 0.6) is 0 Å². The Kier molecular flexibility index (Phi) is 5.31. The number of fused-ring (bicyclic) bond motifs is 1. The summed E-state index contributed by atoms with van der Waals surface area (Å²) in [7, 11) is 0. The van der Waals surface area contributed by atoms with E-state index in [1.165, 1.54) is 25.1 Å². The number of nitrogens with one attached hydrogen (secondary N) is 2. The Morgan fingerprint density at radius 3 is 2.63 bits per heavy atom. The van der Waals surface area contributed by atoms with Crippen molar-refractivity contribution in [3.05, 3.63) is 74.8 Å². The number of nitrogens with zero attached hydrogens (tertiary/aromatic N) is 2. The summed E-state index contributed by atoms with van der Waals surface area (Å²) in [6, 6.07) is 6.86. The molecule has 6 nitrogen and oxygen atoms in total. The van der Waals surface area contributed by atoms with E-state index in [1.807, 2.05) is 5.32 Å². The molecule has 3 aromatic rings. The molecule has 0 saturated carbocycles. The monoisotopic (exact) mass is 418 g/mol. The maximum atomic E-state index is 14.9. The van der Waals surface area contributed by atoms with Crippen molar-refractivity contribution in [2.45, 2.75) is 25.8 Å². The third-order valence-corrected chi connectivity index (χ3v) is 4.60. The van der Waals surface area contributed by atoms with Crippen LogP contribution in [0, 0.1) is 29.9 Å². The van der Waals surface area contributed by atoms with E-state index in [-0.39, 0.29) is 16.9 Å². The molecule has 154 valence electrons. The van der Waals surface area contributed by atoms with E-state index in [4.69, 9.17) is 5.26 Å². The summed E-state index contributed by atoms with van der Waals surface area (Å²) >= 11 is 0. The van der Waals surface area contributed by atoms with Crippen molar-refractivity contribution in [2.24, 2.45) is 0 Å². The third-order valence-electron chi connectivity index (χ3n) is 4.60. The molecule has 30 heavy (non-hydrogen) atoms. The van der Waals surface area contributed by atoms with Gasteiger partial charge in [0.05, 0.1) is 22.8 Å². The Morgan fingerprint density at radius 2 is 1.97 bits per heavy atom. The average Bonchev–Trinajstić information content (AvgIpc) is 2.70. The lowest BCUT2D eigenvalue weighted by Crippen LogP contribution is -2.43. The highest BCUT2D eigenvalue weighted by molar-refractivity contribution is 5.89. The number of aromatic nitrogens is 2. The minimum atomic E-state index is -4.36. The van der Waals surface area contributed by atoms with E-state index in [2.05, 4.69) is 9.97 Å². The van der Waals surface area contributed by atoms with Gasteiger partial charge in [0.1, 0.15) is 11.8 Å². The molecule has 0 radical (unpaired) electrons. The van der Waals surface area contributed by atoms with Crippen LogP contribution in [-0.4, -0.2) is 15.9 Å². The maximum Gasteiger partial charge on any atom is 0.355 e. The second kappa shape index (κ2) is 7.59. The van der Waals surface area contributed by atoms with Gasteiger partial charge >= 0.3 is 5.92 Å². The molecule has 0 unspecified atom stereocenters. The lowest BCUT2D eigenvalue weighted by molar-refractivity contribution is -0.148. The second-order valence-electron chi connectivity index (χ2n) is 6.57. The van der Waals surface area contributed by atoms with Crippen molar-refractivity contribution in [1.29, 1.82) is 5.26 Å². The fraction of sp³-hybridized carbons (Fsp3) is 0.200. The number of carbonyl (C=O) groups excluding carboxylic acids is 1. The predicted octanol–water partition coefficient (Wildman–Crippen LogP) is 3.35. The number of H-pyrrole nitrogens is 1. The first-order chi connectivity index (χ1) is 14.1. The molecule has 1 amide bonds. The van der Waals surface area contributed by atoms with Gasteiger partial charge in [-0.25, -0.2) is 13.8 Å². The molecule has 2 aromatic heterocycles. The summed E-state index contributed by atoms with van der Waals surface area (Å²) < 4.78 is 57.6. The van der Waals surface area contributed by atoms with Crippen molar-refractivity contribution >= 4 is 16.8 Å². The van der Waals surface area contributed by atoms with E-state index in [0.29, 0.717) is 0 Å². The number of rotatable bonds is 4. The van der Waals surface area contributed by atoms with Crippen LogP contribution in [-0.2, 0) is 10.7 Å². The molecule has 0 aliphatic rings. The van der Waals surface area contributed by atoms with Gasteiger partial charge in [-0.1, -0.05) is 6.07 Å². The average molecular weight is 418 g/mol. The zero-order chi connectivity index (χ0) is 22.2. The Morgan fingerprint density at radius 1 is 1.27 bits per heavy atom. The Labute approximate surface area is 167 Å². The molecule has 2 N–H and O–H groups in total. The number of carbonyl (C=O) groups is 1. The number of hydrogen-bond donors (Lipinski definition) is 2. The van der Waals surface area contributed by atoms with Gasteiger partial charge in [0.2, 0.25) is 0 Å². The van der Waals surface area contributed by atoms with Gasteiger partial charge in [-0.15, -0.1) is 0 Å². The van der Waals surface area contributed by atoms with E-state index in [1.54, 1.807) is 6.07 Å². The summed E-state index contributed by atoms with van der Waals surface area (Å²) in [6.07, 6.45) is 0.